The monoisotopic (exact) mass is 325 g/mol. The topological polar surface area (TPSA) is 43.8 Å². The second-order valence-corrected chi connectivity index (χ2v) is 6.14. The summed E-state index contributed by atoms with van der Waals surface area (Å²) in [5, 5.41) is 6.00. The van der Waals surface area contributed by atoms with Crippen LogP contribution in [0.4, 0.5) is 0 Å². The summed E-state index contributed by atoms with van der Waals surface area (Å²) in [7, 11) is 1.94. The Morgan fingerprint density at radius 2 is 2.05 bits per heavy atom. The lowest BCUT2D eigenvalue weighted by atomic mass is 9.94. The summed E-state index contributed by atoms with van der Waals surface area (Å²) >= 11 is 12.5. The maximum absolute atomic E-state index is 6.41. The van der Waals surface area contributed by atoms with Gasteiger partial charge in [-0.1, -0.05) is 42.3 Å². The maximum Gasteiger partial charge on any atom is 0.0849 e. The molecule has 1 aromatic carbocycles. The molecule has 21 heavy (non-hydrogen) atoms. The first-order valence-electron chi connectivity index (χ1n) is 7.19. The number of halogens is 2. The molecule has 0 amide bonds. The smallest absolute Gasteiger partial charge is 0.0849 e. The molecule has 1 aromatic heterocycles. The Morgan fingerprint density at radius 1 is 1.29 bits per heavy atom. The van der Waals surface area contributed by atoms with Gasteiger partial charge in [0.15, 0.2) is 0 Å². The van der Waals surface area contributed by atoms with Crippen molar-refractivity contribution in [3.63, 3.8) is 0 Å². The summed E-state index contributed by atoms with van der Waals surface area (Å²) < 4.78 is 1.88. The van der Waals surface area contributed by atoms with Crippen molar-refractivity contribution in [1.29, 1.82) is 0 Å². The molecular formula is C16H21Cl2N3. The number of benzene rings is 1. The van der Waals surface area contributed by atoms with Gasteiger partial charge in [-0.25, -0.2) is 0 Å². The molecule has 0 aliphatic heterocycles. The fourth-order valence-electron chi connectivity index (χ4n) is 2.55. The Balaban J connectivity index is 2.14. The predicted octanol–water partition coefficient (Wildman–Crippen LogP) is 3.65. The quantitative estimate of drug-likeness (QED) is 0.880. The first-order chi connectivity index (χ1) is 10.0. The standard InChI is InChI=1S/C16H21Cl2N3/c1-3-14-16(18)15(21(2)20-14)9-12(10-19)7-11-5-4-6-13(17)8-11/h4-6,8,12H,3,7,9-10,19H2,1-2H3. The molecule has 1 atom stereocenters. The van der Waals surface area contributed by atoms with E-state index in [9.17, 15) is 0 Å². The van der Waals surface area contributed by atoms with Crippen LogP contribution < -0.4 is 5.73 Å². The summed E-state index contributed by atoms with van der Waals surface area (Å²) in [4.78, 5) is 0. The second kappa shape index (κ2) is 7.30. The summed E-state index contributed by atoms with van der Waals surface area (Å²) in [6, 6.07) is 7.93. The van der Waals surface area contributed by atoms with Gasteiger partial charge in [-0.3, -0.25) is 4.68 Å². The molecule has 2 N–H and O–H groups in total. The van der Waals surface area contributed by atoms with Crippen LogP contribution in [0, 0.1) is 5.92 Å². The molecule has 0 aliphatic carbocycles. The van der Waals surface area contributed by atoms with E-state index < -0.39 is 0 Å². The number of nitrogens with zero attached hydrogens (tertiary/aromatic N) is 2. The van der Waals surface area contributed by atoms with Gasteiger partial charge in [0.05, 0.1) is 16.4 Å². The molecule has 0 radical (unpaired) electrons. The van der Waals surface area contributed by atoms with E-state index in [1.807, 2.05) is 29.9 Å². The highest BCUT2D eigenvalue weighted by molar-refractivity contribution is 6.32. The van der Waals surface area contributed by atoms with Gasteiger partial charge in [0.25, 0.3) is 0 Å². The van der Waals surface area contributed by atoms with E-state index in [2.05, 4.69) is 18.1 Å². The van der Waals surface area contributed by atoms with E-state index in [0.717, 1.165) is 40.7 Å². The molecule has 0 aliphatic rings. The highest BCUT2D eigenvalue weighted by Crippen LogP contribution is 2.25. The lowest BCUT2D eigenvalue weighted by Gasteiger charge is -2.15. The molecule has 0 bridgehead atoms. The minimum atomic E-state index is 0.320. The van der Waals surface area contributed by atoms with Gasteiger partial charge in [-0.15, -0.1) is 0 Å². The molecule has 114 valence electrons. The third-order valence-corrected chi connectivity index (χ3v) is 4.40. The first kappa shape index (κ1) is 16.3. The molecule has 5 heteroatoms. The molecule has 0 fully saturated rings. The lowest BCUT2D eigenvalue weighted by molar-refractivity contribution is 0.511. The normalized spacial score (nSPS) is 12.6. The Labute approximate surface area is 136 Å². The fraction of sp³-hybridized carbons (Fsp3) is 0.438. The molecule has 1 heterocycles. The highest BCUT2D eigenvalue weighted by Gasteiger charge is 2.17. The van der Waals surface area contributed by atoms with Crippen molar-refractivity contribution in [1.82, 2.24) is 9.78 Å². The predicted molar refractivity (Wildman–Crippen MR) is 89.0 cm³/mol. The largest absolute Gasteiger partial charge is 0.330 e. The fourth-order valence-corrected chi connectivity index (χ4v) is 3.13. The van der Waals surface area contributed by atoms with Crippen LogP contribution in [0.15, 0.2) is 24.3 Å². The first-order valence-corrected chi connectivity index (χ1v) is 7.95. The third kappa shape index (κ3) is 4.00. The summed E-state index contributed by atoms with van der Waals surface area (Å²) in [5.74, 6) is 0.320. The van der Waals surface area contributed by atoms with Crippen LogP contribution in [0.2, 0.25) is 10.0 Å². The van der Waals surface area contributed by atoms with E-state index in [-0.39, 0.29) is 0 Å². The van der Waals surface area contributed by atoms with Gasteiger partial charge in [-0.2, -0.15) is 5.10 Å². The van der Waals surface area contributed by atoms with Crippen LogP contribution in [-0.2, 0) is 26.3 Å². The van der Waals surface area contributed by atoms with Gasteiger partial charge in [0, 0.05) is 12.1 Å². The van der Waals surface area contributed by atoms with E-state index in [1.165, 1.54) is 5.56 Å². The van der Waals surface area contributed by atoms with Crippen molar-refractivity contribution in [2.24, 2.45) is 18.7 Å². The highest BCUT2D eigenvalue weighted by atomic mass is 35.5. The zero-order valence-corrected chi connectivity index (χ0v) is 14.0. The van der Waals surface area contributed by atoms with E-state index in [0.29, 0.717) is 12.5 Å². The Morgan fingerprint density at radius 3 is 2.62 bits per heavy atom. The van der Waals surface area contributed by atoms with Gasteiger partial charge >= 0.3 is 0 Å². The molecule has 0 saturated heterocycles. The Hall–Kier alpha value is -1.03. The number of hydrogen-bond donors (Lipinski definition) is 1. The van der Waals surface area contributed by atoms with Crippen LogP contribution in [-0.4, -0.2) is 16.3 Å². The minimum absolute atomic E-state index is 0.320. The zero-order valence-electron chi connectivity index (χ0n) is 12.4. The molecular weight excluding hydrogens is 305 g/mol. The lowest BCUT2D eigenvalue weighted by Crippen LogP contribution is -2.20. The summed E-state index contributed by atoms with van der Waals surface area (Å²) in [6.45, 7) is 2.67. The zero-order chi connectivity index (χ0) is 15.4. The Bertz CT molecular complexity index is 608. The van der Waals surface area contributed by atoms with Crippen LogP contribution in [0.3, 0.4) is 0 Å². The van der Waals surface area contributed by atoms with Crippen molar-refractivity contribution in [2.75, 3.05) is 6.54 Å². The molecule has 2 aromatic rings. The SMILES string of the molecule is CCc1nn(C)c(CC(CN)Cc2cccc(Cl)c2)c1Cl. The number of rotatable bonds is 6. The molecule has 3 nitrogen and oxygen atoms in total. The minimum Gasteiger partial charge on any atom is -0.330 e. The van der Waals surface area contributed by atoms with Crippen molar-refractivity contribution in [2.45, 2.75) is 26.2 Å². The number of aryl methyl sites for hydroxylation is 2. The maximum atomic E-state index is 6.41. The van der Waals surface area contributed by atoms with E-state index >= 15 is 0 Å². The summed E-state index contributed by atoms with van der Waals surface area (Å²) in [5.41, 5.74) is 9.15. The Kier molecular flexibility index (Phi) is 5.68. The van der Waals surface area contributed by atoms with Crippen LogP contribution in [0.1, 0.15) is 23.9 Å². The van der Waals surface area contributed by atoms with Gasteiger partial charge in [-0.05, 0) is 49.4 Å². The average molecular weight is 326 g/mol. The van der Waals surface area contributed by atoms with Crippen LogP contribution >= 0.6 is 23.2 Å². The number of hydrogen-bond acceptors (Lipinski definition) is 2. The van der Waals surface area contributed by atoms with Gasteiger partial charge in [0.2, 0.25) is 0 Å². The van der Waals surface area contributed by atoms with E-state index in [1.54, 1.807) is 0 Å². The number of nitrogens with two attached hydrogens (primary N) is 1. The van der Waals surface area contributed by atoms with Crippen molar-refractivity contribution in [3.05, 3.63) is 51.3 Å². The van der Waals surface area contributed by atoms with Gasteiger partial charge in [0.1, 0.15) is 0 Å². The number of aromatic nitrogens is 2. The molecule has 0 saturated carbocycles. The van der Waals surface area contributed by atoms with Crippen molar-refractivity contribution >= 4 is 23.2 Å². The average Bonchev–Trinajstić information content (AvgIpc) is 2.73. The van der Waals surface area contributed by atoms with Crippen molar-refractivity contribution < 1.29 is 0 Å². The van der Waals surface area contributed by atoms with Crippen molar-refractivity contribution in [3.8, 4) is 0 Å². The second-order valence-electron chi connectivity index (χ2n) is 5.32. The summed E-state index contributed by atoms with van der Waals surface area (Å²) in [6.07, 6.45) is 2.56. The molecule has 1 unspecified atom stereocenters. The van der Waals surface area contributed by atoms with E-state index in [4.69, 9.17) is 28.9 Å². The molecule has 2 rings (SSSR count). The molecule has 0 spiro atoms. The van der Waals surface area contributed by atoms with Crippen LogP contribution in [0.25, 0.3) is 0 Å². The van der Waals surface area contributed by atoms with Crippen LogP contribution in [0.5, 0.6) is 0 Å². The van der Waals surface area contributed by atoms with Gasteiger partial charge < -0.3 is 5.73 Å². The third-order valence-electron chi connectivity index (χ3n) is 3.73.